The fourth-order valence-corrected chi connectivity index (χ4v) is 5.78. The molecule has 246 valence electrons. The maximum absolute atomic E-state index is 10.9. The van der Waals surface area contributed by atoms with E-state index in [0.717, 1.165) is 55.9 Å². The van der Waals surface area contributed by atoms with Crippen molar-refractivity contribution < 1.29 is 10.2 Å². The van der Waals surface area contributed by atoms with E-state index in [1.54, 1.807) is 12.4 Å². The molecule has 0 unspecified atom stereocenters. The Kier molecular flexibility index (Phi) is 10.6. The van der Waals surface area contributed by atoms with E-state index < -0.39 is 0 Å². The van der Waals surface area contributed by atoms with Gasteiger partial charge >= 0.3 is 0 Å². The van der Waals surface area contributed by atoms with Gasteiger partial charge in [-0.3, -0.25) is 9.98 Å². The van der Waals surface area contributed by atoms with Crippen LogP contribution in [0.15, 0.2) is 107 Å². The number of phenols is 2. The zero-order chi connectivity index (χ0) is 34.5. The summed E-state index contributed by atoms with van der Waals surface area (Å²) in [6.45, 7) is 17.1. The Morgan fingerprint density at radius 2 is 0.708 bits per heavy atom. The predicted molar refractivity (Wildman–Crippen MR) is 204 cm³/mol. The summed E-state index contributed by atoms with van der Waals surface area (Å²) in [6, 6.07) is 33.2. The van der Waals surface area contributed by atoms with Crippen LogP contribution in [0.25, 0.3) is 22.3 Å². The molecule has 0 aromatic heterocycles. The van der Waals surface area contributed by atoms with Crippen LogP contribution in [0.2, 0.25) is 0 Å². The quantitative estimate of drug-likeness (QED) is 0.150. The number of phenolic OH excluding ortho intramolecular Hbond substituents is 2. The molecule has 0 saturated heterocycles. The number of rotatable bonds is 10. The van der Waals surface area contributed by atoms with E-state index >= 15 is 0 Å². The molecule has 4 heteroatoms. The summed E-state index contributed by atoms with van der Waals surface area (Å²) in [5.41, 5.74) is 12.0. The average molecular weight is 637 g/mol. The number of aromatic hydroxyl groups is 2. The first kappa shape index (κ1) is 34.4. The first-order valence-electron chi connectivity index (χ1n) is 17.0. The second kappa shape index (κ2) is 14.9. The third-order valence-corrected chi connectivity index (χ3v) is 8.95. The molecule has 0 spiro atoms. The Balaban J connectivity index is 1.28. The first-order chi connectivity index (χ1) is 22.9. The molecule has 0 bridgehead atoms. The van der Waals surface area contributed by atoms with Crippen LogP contribution in [0.3, 0.4) is 0 Å². The Morgan fingerprint density at radius 1 is 0.417 bits per heavy atom. The summed E-state index contributed by atoms with van der Waals surface area (Å²) >= 11 is 0. The molecule has 4 nitrogen and oxygen atoms in total. The fraction of sp³-hybridized carbons (Fsp3) is 0.273. The molecule has 2 N–H and O–H groups in total. The lowest BCUT2D eigenvalue weighted by molar-refractivity contribution is 0.463. The summed E-state index contributed by atoms with van der Waals surface area (Å²) in [4.78, 5) is 9.36. The van der Waals surface area contributed by atoms with Crippen LogP contribution in [0.5, 0.6) is 11.5 Å². The van der Waals surface area contributed by atoms with Crippen molar-refractivity contribution >= 4 is 23.8 Å². The van der Waals surface area contributed by atoms with Crippen LogP contribution >= 0.6 is 0 Å². The smallest absolute Gasteiger partial charge is 0.127 e. The van der Waals surface area contributed by atoms with E-state index in [-0.39, 0.29) is 11.8 Å². The molecule has 0 aliphatic rings. The minimum Gasteiger partial charge on any atom is -0.507 e. The van der Waals surface area contributed by atoms with Gasteiger partial charge in [0.1, 0.15) is 11.5 Å². The van der Waals surface area contributed by atoms with Gasteiger partial charge in [0.05, 0.1) is 11.4 Å². The maximum Gasteiger partial charge on any atom is 0.127 e. The van der Waals surface area contributed by atoms with E-state index in [0.29, 0.717) is 23.3 Å². The highest BCUT2D eigenvalue weighted by molar-refractivity contribution is 5.87. The molecule has 0 aliphatic carbocycles. The Morgan fingerprint density at radius 3 is 0.979 bits per heavy atom. The SMILES string of the molecule is CC(C)c1cc(C=Nc2ccc(-c3ccc(-c4ccc(N=Cc5cc(C(C)C)cc(C(C)C)c5O)cc4)cc3)cc2)c(O)c(C(C)C)c1. The van der Waals surface area contributed by atoms with Gasteiger partial charge in [-0.05, 0) is 105 Å². The van der Waals surface area contributed by atoms with Crippen LogP contribution in [-0.2, 0) is 0 Å². The molecule has 0 aliphatic heterocycles. The number of hydrogen-bond donors (Lipinski definition) is 2. The zero-order valence-corrected chi connectivity index (χ0v) is 29.5. The maximum atomic E-state index is 10.9. The van der Waals surface area contributed by atoms with Crippen LogP contribution < -0.4 is 0 Å². The van der Waals surface area contributed by atoms with Crippen molar-refractivity contribution in [3.63, 3.8) is 0 Å². The van der Waals surface area contributed by atoms with Crippen molar-refractivity contribution in [3.8, 4) is 33.8 Å². The van der Waals surface area contributed by atoms with Crippen LogP contribution in [-0.4, -0.2) is 22.6 Å². The van der Waals surface area contributed by atoms with Crippen LogP contribution in [0.1, 0.15) is 112 Å². The molecule has 0 saturated carbocycles. The molecule has 0 fully saturated rings. The first-order valence-corrected chi connectivity index (χ1v) is 17.0. The van der Waals surface area contributed by atoms with Gasteiger partial charge in [0, 0.05) is 23.6 Å². The van der Waals surface area contributed by atoms with E-state index in [9.17, 15) is 10.2 Å². The molecular formula is C44H48N2O2. The van der Waals surface area contributed by atoms with E-state index in [1.165, 1.54) is 11.1 Å². The summed E-state index contributed by atoms with van der Waals surface area (Å²) in [6.07, 6.45) is 3.54. The monoisotopic (exact) mass is 636 g/mol. The molecule has 48 heavy (non-hydrogen) atoms. The minimum atomic E-state index is 0.230. The lowest BCUT2D eigenvalue weighted by Crippen LogP contribution is -1.98. The molecular weight excluding hydrogens is 588 g/mol. The van der Waals surface area contributed by atoms with Crippen molar-refractivity contribution in [2.75, 3.05) is 0 Å². The van der Waals surface area contributed by atoms with Gasteiger partial charge in [-0.2, -0.15) is 0 Å². The topological polar surface area (TPSA) is 65.2 Å². The van der Waals surface area contributed by atoms with E-state index in [2.05, 4.69) is 126 Å². The van der Waals surface area contributed by atoms with Crippen molar-refractivity contribution in [3.05, 3.63) is 130 Å². The van der Waals surface area contributed by atoms with Crippen molar-refractivity contribution in [1.82, 2.24) is 0 Å². The average Bonchev–Trinajstić information content (AvgIpc) is 3.07. The van der Waals surface area contributed by atoms with Crippen molar-refractivity contribution in [2.45, 2.75) is 79.1 Å². The summed E-state index contributed by atoms with van der Waals surface area (Å²) in [5.74, 6) is 1.82. The number of aliphatic imine (C=N–C) groups is 2. The van der Waals surface area contributed by atoms with Gasteiger partial charge in [0.2, 0.25) is 0 Å². The highest BCUT2D eigenvalue weighted by Crippen LogP contribution is 2.34. The molecule has 0 heterocycles. The highest BCUT2D eigenvalue weighted by atomic mass is 16.3. The molecule has 5 rings (SSSR count). The van der Waals surface area contributed by atoms with Gasteiger partial charge in [-0.25, -0.2) is 0 Å². The summed E-state index contributed by atoms with van der Waals surface area (Å²) in [5, 5.41) is 21.7. The van der Waals surface area contributed by atoms with Gasteiger partial charge in [-0.15, -0.1) is 0 Å². The summed E-state index contributed by atoms with van der Waals surface area (Å²) < 4.78 is 0. The number of hydrogen-bond acceptors (Lipinski definition) is 4. The molecule has 0 amide bonds. The third kappa shape index (κ3) is 7.94. The fourth-order valence-electron chi connectivity index (χ4n) is 5.78. The summed E-state index contributed by atoms with van der Waals surface area (Å²) in [7, 11) is 0. The second-order valence-corrected chi connectivity index (χ2v) is 13.9. The lowest BCUT2D eigenvalue weighted by Gasteiger charge is -2.15. The number of nitrogens with zero attached hydrogens (tertiary/aromatic N) is 2. The highest BCUT2D eigenvalue weighted by Gasteiger charge is 2.15. The molecule has 5 aromatic rings. The number of benzene rings is 5. The Bertz CT molecular complexity index is 1770. The lowest BCUT2D eigenvalue weighted by atomic mass is 9.92. The van der Waals surface area contributed by atoms with E-state index in [4.69, 9.17) is 0 Å². The van der Waals surface area contributed by atoms with Crippen LogP contribution in [0, 0.1) is 0 Å². The van der Waals surface area contributed by atoms with Crippen molar-refractivity contribution in [2.24, 2.45) is 9.98 Å². The predicted octanol–water partition coefficient (Wildman–Crippen LogP) is 12.4. The Hall–Kier alpha value is -4.96. The largest absolute Gasteiger partial charge is 0.507 e. The zero-order valence-electron chi connectivity index (χ0n) is 29.5. The van der Waals surface area contributed by atoms with Gasteiger partial charge in [0.25, 0.3) is 0 Å². The van der Waals surface area contributed by atoms with Gasteiger partial charge < -0.3 is 10.2 Å². The molecule has 0 atom stereocenters. The van der Waals surface area contributed by atoms with Crippen LogP contribution in [0.4, 0.5) is 11.4 Å². The minimum absolute atomic E-state index is 0.230. The third-order valence-electron chi connectivity index (χ3n) is 8.95. The van der Waals surface area contributed by atoms with Gasteiger partial charge in [-0.1, -0.05) is 116 Å². The van der Waals surface area contributed by atoms with E-state index in [1.807, 2.05) is 36.4 Å². The second-order valence-electron chi connectivity index (χ2n) is 13.9. The Labute approximate surface area is 286 Å². The molecule has 5 aromatic carbocycles. The standard InChI is InChI=1S/C44H48N2O2/c1-27(2)35-21-37(43(47)41(23-35)29(5)6)25-45-39-17-13-33(14-18-39)31-9-11-32(12-10-31)34-15-19-40(20-16-34)46-26-38-22-36(28(3)4)24-42(30(7)8)44(38)48/h9-30,47-48H,1-8H3. The van der Waals surface area contributed by atoms with Crippen molar-refractivity contribution in [1.29, 1.82) is 0 Å². The normalized spacial score (nSPS) is 12.1. The molecule has 0 radical (unpaired) electrons. The van der Waals surface area contributed by atoms with Gasteiger partial charge in [0.15, 0.2) is 0 Å².